The van der Waals surface area contributed by atoms with Crippen LogP contribution in [0, 0.1) is 18.3 Å². The highest BCUT2D eigenvalue weighted by Crippen LogP contribution is 2.40. The number of hydrogen-bond donors (Lipinski definition) is 1. The third-order valence-electron chi connectivity index (χ3n) is 4.88. The lowest BCUT2D eigenvalue weighted by atomic mass is 9.90. The average molecular weight is 382 g/mol. The second-order valence-electron chi connectivity index (χ2n) is 6.69. The summed E-state index contributed by atoms with van der Waals surface area (Å²) in [5, 5.41) is 11.3. The SMILES string of the molecule is CCOC1C(=O)N(C)C(N)=N[C@]1(C)c1cc(-c2ccc(C)c(C#N)c2)cs1. The first kappa shape index (κ1) is 19.1. The van der Waals surface area contributed by atoms with E-state index in [0.29, 0.717) is 12.2 Å². The van der Waals surface area contributed by atoms with Crippen molar-refractivity contribution in [3.8, 4) is 17.2 Å². The predicted molar refractivity (Wildman–Crippen MR) is 106 cm³/mol. The normalized spacial score (nSPS) is 22.5. The Balaban J connectivity index is 2.06. The molecule has 6 nitrogen and oxygen atoms in total. The molecule has 0 saturated heterocycles. The number of nitrogens with two attached hydrogens (primary N) is 1. The maximum atomic E-state index is 12.7. The molecule has 0 radical (unpaired) electrons. The number of ether oxygens (including phenoxy) is 1. The highest BCUT2D eigenvalue weighted by molar-refractivity contribution is 7.10. The first-order chi connectivity index (χ1) is 12.8. The van der Waals surface area contributed by atoms with Crippen LogP contribution in [0.2, 0.25) is 0 Å². The largest absolute Gasteiger partial charge is 0.369 e. The number of carbonyl (C=O) groups is 1. The van der Waals surface area contributed by atoms with E-state index in [4.69, 9.17) is 10.5 Å². The van der Waals surface area contributed by atoms with E-state index in [-0.39, 0.29) is 11.9 Å². The number of likely N-dealkylation sites (N-methyl/N-ethyl adjacent to an activating group) is 1. The minimum atomic E-state index is -0.893. The molecular weight excluding hydrogens is 360 g/mol. The smallest absolute Gasteiger partial charge is 0.261 e. The Morgan fingerprint density at radius 2 is 2.15 bits per heavy atom. The summed E-state index contributed by atoms with van der Waals surface area (Å²) >= 11 is 1.51. The number of aryl methyl sites for hydroxylation is 1. The molecule has 1 aromatic heterocycles. The van der Waals surface area contributed by atoms with Crippen molar-refractivity contribution in [2.24, 2.45) is 10.7 Å². The summed E-state index contributed by atoms with van der Waals surface area (Å²) in [7, 11) is 1.60. The molecule has 1 amide bonds. The van der Waals surface area contributed by atoms with Crippen LogP contribution < -0.4 is 5.73 Å². The summed E-state index contributed by atoms with van der Waals surface area (Å²) in [5.74, 6) is -0.0283. The third-order valence-corrected chi connectivity index (χ3v) is 6.04. The molecule has 140 valence electrons. The molecular formula is C20H22N4O2S. The Morgan fingerprint density at radius 3 is 2.81 bits per heavy atom. The fraction of sp³-hybridized carbons (Fsp3) is 0.350. The molecule has 1 unspecified atom stereocenters. The molecule has 0 aliphatic carbocycles. The number of carbonyl (C=O) groups excluding carboxylic acids is 1. The molecule has 2 atom stereocenters. The van der Waals surface area contributed by atoms with Crippen molar-refractivity contribution in [3.63, 3.8) is 0 Å². The Kier molecular flexibility index (Phi) is 5.05. The molecule has 1 aromatic carbocycles. The predicted octanol–water partition coefficient (Wildman–Crippen LogP) is 3.00. The van der Waals surface area contributed by atoms with E-state index >= 15 is 0 Å². The van der Waals surface area contributed by atoms with Crippen LogP contribution in [0.3, 0.4) is 0 Å². The molecule has 2 N–H and O–H groups in total. The van der Waals surface area contributed by atoms with Gasteiger partial charge in [-0.2, -0.15) is 5.26 Å². The zero-order valence-corrected chi connectivity index (χ0v) is 16.6. The molecule has 2 aromatic rings. The number of nitrogens with zero attached hydrogens (tertiary/aromatic N) is 3. The number of rotatable bonds is 4. The van der Waals surface area contributed by atoms with E-state index < -0.39 is 11.6 Å². The van der Waals surface area contributed by atoms with Gasteiger partial charge in [-0.3, -0.25) is 9.69 Å². The number of amides is 1. The molecule has 7 heteroatoms. The van der Waals surface area contributed by atoms with Crippen molar-refractivity contribution in [2.45, 2.75) is 32.4 Å². The van der Waals surface area contributed by atoms with E-state index in [1.807, 2.05) is 50.4 Å². The van der Waals surface area contributed by atoms with Crippen molar-refractivity contribution < 1.29 is 9.53 Å². The van der Waals surface area contributed by atoms with Gasteiger partial charge >= 0.3 is 0 Å². The van der Waals surface area contributed by atoms with Gasteiger partial charge in [0.15, 0.2) is 12.1 Å². The van der Waals surface area contributed by atoms with Crippen molar-refractivity contribution >= 4 is 23.2 Å². The summed E-state index contributed by atoms with van der Waals surface area (Å²) in [6.45, 7) is 6.04. The molecule has 1 aliphatic rings. The average Bonchev–Trinajstić information content (AvgIpc) is 3.15. The van der Waals surface area contributed by atoms with E-state index in [1.165, 1.54) is 16.2 Å². The molecule has 3 rings (SSSR count). The van der Waals surface area contributed by atoms with Crippen LogP contribution in [0.4, 0.5) is 0 Å². The highest BCUT2D eigenvalue weighted by atomic mass is 32.1. The molecule has 1 aliphatic heterocycles. The second kappa shape index (κ2) is 7.14. The molecule has 0 fully saturated rings. The number of aliphatic imine (C=N–C) groups is 1. The van der Waals surface area contributed by atoms with Crippen molar-refractivity contribution in [3.05, 3.63) is 45.6 Å². The lowest BCUT2D eigenvalue weighted by Crippen LogP contribution is -2.57. The van der Waals surface area contributed by atoms with Crippen molar-refractivity contribution in [1.82, 2.24) is 4.90 Å². The number of hydrogen-bond acceptors (Lipinski definition) is 6. The number of nitriles is 1. The second-order valence-corrected chi connectivity index (χ2v) is 7.60. The Hall–Kier alpha value is -2.69. The quantitative estimate of drug-likeness (QED) is 0.880. The van der Waals surface area contributed by atoms with Gasteiger partial charge in [0.25, 0.3) is 5.91 Å². The minimum Gasteiger partial charge on any atom is -0.369 e. The van der Waals surface area contributed by atoms with Gasteiger partial charge in [-0.05, 0) is 55.0 Å². The molecule has 27 heavy (non-hydrogen) atoms. The maximum absolute atomic E-state index is 12.7. The van der Waals surface area contributed by atoms with Crippen molar-refractivity contribution in [2.75, 3.05) is 13.7 Å². The minimum absolute atomic E-state index is 0.176. The molecule has 2 heterocycles. The zero-order chi connectivity index (χ0) is 19.8. The zero-order valence-electron chi connectivity index (χ0n) is 15.8. The Morgan fingerprint density at radius 1 is 1.41 bits per heavy atom. The molecule has 0 spiro atoms. The highest BCUT2D eigenvalue weighted by Gasteiger charge is 2.48. The molecule has 0 saturated carbocycles. The number of guanidine groups is 1. The van der Waals surface area contributed by atoms with Crippen LogP contribution >= 0.6 is 11.3 Å². The van der Waals surface area contributed by atoms with E-state index in [0.717, 1.165) is 21.6 Å². The lowest BCUT2D eigenvalue weighted by Gasteiger charge is -2.39. The monoisotopic (exact) mass is 382 g/mol. The first-order valence-corrected chi connectivity index (χ1v) is 9.54. The first-order valence-electron chi connectivity index (χ1n) is 8.66. The fourth-order valence-corrected chi connectivity index (χ4v) is 4.20. The topological polar surface area (TPSA) is 91.7 Å². The van der Waals surface area contributed by atoms with E-state index in [9.17, 15) is 10.1 Å². The summed E-state index contributed by atoms with van der Waals surface area (Å²) in [6.07, 6.45) is -0.737. The van der Waals surface area contributed by atoms with Gasteiger partial charge < -0.3 is 10.5 Å². The summed E-state index contributed by atoms with van der Waals surface area (Å²) in [6, 6.07) is 10.0. The standard InChI is InChI=1S/C20H22N4O2S/c1-5-26-17-18(25)24(4)19(22)23-20(17,3)16-9-15(11-27-16)13-7-6-12(2)14(8-13)10-21/h6-9,11,17H,5H2,1-4H3,(H2,22,23)/t17?,20-/m1/s1. The Bertz CT molecular complexity index is 959. The van der Waals surface area contributed by atoms with Gasteiger partial charge in [0.05, 0.1) is 11.6 Å². The third kappa shape index (κ3) is 3.22. The van der Waals surface area contributed by atoms with Crippen LogP contribution in [-0.4, -0.2) is 36.5 Å². The van der Waals surface area contributed by atoms with Crippen LogP contribution in [-0.2, 0) is 15.1 Å². The van der Waals surface area contributed by atoms with Crippen LogP contribution in [0.15, 0.2) is 34.6 Å². The van der Waals surface area contributed by atoms with E-state index in [1.54, 1.807) is 7.05 Å². The molecule has 0 bridgehead atoms. The maximum Gasteiger partial charge on any atom is 0.261 e. The summed E-state index contributed by atoms with van der Waals surface area (Å²) in [5.41, 5.74) is 8.60. The van der Waals surface area contributed by atoms with Crippen LogP contribution in [0.25, 0.3) is 11.1 Å². The summed E-state index contributed by atoms with van der Waals surface area (Å²) in [4.78, 5) is 19.5. The summed E-state index contributed by atoms with van der Waals surface area (Å²) < 4.78 is 5.76. The lowest BCUT2D eigenvalue weighted by molar-refractivity contribution is -0.144. The van der Waals surface area contributed by atoms with Gasteiger partial charge in [-0.1, -0.05) is 12.1 Å². The Labute approximate surface area is 162 Å². The van der Waals surface area contributed by atoms with Crippen LogP contribution in [0.5, 0.6) is 0 Å². The van der Waals surface area contributed by atoms with Crippen LogP contribution in [0.1, 0.15) is 29.9 Å². The van der Waals surface area contributed by atoms with Gasteiger partial charge in [0.1, 0.15) is 5.54 Å². The van der Waals surface area contributed by atoms with E-state index in [2.05, 4.69) is 11.1 Å². The van der Waals surface area contributed by atoms with Gasteiger partial charge in [-0.25, -0.2) is 4.99 Å². The van der Waals surface area contributed by atoms with Gasteiger partial charge in [0, 0.05) is 18.5 Å². The number of thiophene rings is 1. The van der Waals surface area contributed by atoms with Gasteiger partial charge in [-0.15, -0.1) is 11.3 Å². The van der Waals surface area contributed by atoms with Gasteiger partial charge in [0.2, 0.25) is 0 Å². The van der Waals surface area contributed by atoms with Crippen molar-refractivity contribution in [1.29, 1.82) is 5.26 Å². The number of benzene rings is 1. The fourth-order valence-electron chi connectivity index (χ4n) is 3.16.